The standard InChI is InChI=1S/C22H36F2N6/c1-4-27-7-9-28(10-8-27)17-18(2)16-26-22(25-3)30-13-11-29(12-14-30)21-15-19(23)5-6-20(21)24/h5-6,15,18H,4,7-14,16-17H2,1-3H3,(H,25,26). The number of rotatable bonds is 6. The van der Waals surface area contributed by atoms with Crippen molar-refractivity contribution in [3.05, 3.63) is 29.8 Å². The molecule has 2 fully saturated rings. The van der Waals surface area contributed by atoms with Crippen LogP contribution in [0.5, 0.6) is 0 Å². The van der Waals surface area contributed by atoms with Crippen LogP contribution in [0.3, 0.4) is 0 Å². The molecule has 0 bridgehead atoms. The van der Waals surface area contributed by atoms with E-state index in [9.17, 15) is 8.78 Å². The van der Waals surface area contributed by atoms with Gasteiger partial charge in [-0.2, -0.15) is 0 Å². The Morgan fingerprint density at radius 2 is 1.70 bits per heavy atom. The van der Waals surface area contributed by atoms with Crippen LogP contribution in [0.1, 0.15) is 13.8 Å². The molecule has 1 unspecified atom stereocenters. The summed E-state index contributed by atoms with van der Waals surface area (Å²) in [7, 11) is 1.80. The number of halogens is 2. The lowest BCUT2D eigenvalue weighted by atomic mass is 10.1. The average molecular weight is 423 g/mol. The van der Waals surface area contributed by atoms with E-state index in [-0.39, 0.29) is 5.82 Å². The van der Waals surface area contributed by atoms with E-state index in [1.807, 2.05) is 4.90 Å². The largest absolute Gasteiger partial charge is 0.366 e. The van der Waals surface area contributed by atoms with Crippen LogP contribution in [0.25, 0.3) is 0 Å². The summed E-state index contributed by atoms with van der Waals surface area (Å²) in [5.41, 5.74) is 0.342. The number of anilines is 1. The second-order valence-electron chi connectivity index (χ2n) is 8.34. The van der Waals surface area contributed by atoms with Gasteiger partial charge in [0.1, 0.15) is 11.6 Å². The number of nitrogens with one attached hydrogen (secondary N) is 1. The molecule has 1 aromatic rings. The Morgan fingerprint density at radius 3 is 2.33 bits per heavy atom. The summed E-state index contributed by atoms with van der Waals surface area (Å²) < 4.78 is 27.6. The van der Waals surface area contributed by atoms with Gasteiger partial charge < -0.3 is 24.9 Å². The Kier molecular flexibility index (Phi) is 8.27. The lowest BCUT2D eigenvalue weighted by Gasteiger charge is -2.38. The molecule has 1 aromatic carbocycles. The molecule has 0 radical (unpaired) electrons. The van der Waals surface area contributed by atoms with E-state index >= 15 is 0 Å². The van der Waals surface area contributed by atoms with Gasteiger partial charge >= 0.3 is 0 Å². The van der Waals surface area contributed by atoms with E-state index in [1.54, 1.807) is 7.05 Å². The number of guanidine groups is 1. The fraction of sp³-hybridized carbons (Fsp3) is 0.682. The van der Waals surface area contributed by atoms with Gasteiger partial charge in [0.2, 0.25) is 0 Å². The molecular weight excluding hydrogens is 386 g/mol. The van der Waals surface area contributed by atoms with Gasteiger partial charge in [0.05, 0.1) is 5.69 Å². The Labute approximate surface area is 179 Å². The molecule has 2 aliphatic heterocycles. The molecule has 168 valence electrons. The first-order chi connectivity index (χ1) is 14.5. The van der Waals surface area contributed by atoms with Gasteiger partial charge in [0.25, 0.3) is 0 Å². The summed E-state index contributed by atoms with van der Waals surface area (Å²) in [4.78, 5) is 13.6. The summed E-state index contributed by atoms with van der Waals surface area (Å²) in [5.74, 6) is 0.631. The van der Waals surface area contributed by atoms with Crippen LogP contribution in [0.2, 0.25) is 0 Å². The summed E-state index contributed by atoms with van der Waals surface area (Å²) in [6.45, 7) is 14.9. The Morgan fingerprint density at radius 1 is 1.03 bits per heavy atom. The molecule has 1 atom stereocenters. The highest BCUT2D eigenvalue weighted by atomic mass is 19.1. The number of piperazine rings is 2. The molecule has 2 heterocycles. The highest BCUT2D eigenvalue weighted by molar-refractivity contribution is 5.80. The van der Waals surface area contributed by atoms with Crippen molar-refractivity contribution in [1.82, 2.24) is 20.0 Å². The number of benzene rings is 1. The van der Waals surface area contributed by atoms with Crippen LogP contribution in [0.4, 0.5) is 14.5 Å². The van der Waals surface area contributed by atoms with E-state index in [0.29, 0.717) is 24.7 Å². The second-order valence-corrected chi connectivity index (χ2v) is 8.34. The normalized spacial score (nSPS) is 20.5. The van der Waals surface area contributed by atoms with E-state index in [1.165, 1.54) is 12.1 Å². The van der Waals surface area contributed by atoms with Crippen LogP contribution in [0.15, 0.2) is 23.2 Å². The van der Waals surface area contributed by atoms with Crippen LogP contribution in [-0.4, -0.2) is 99.7 Å². The quantitative estimate of drug-likeness (QED) is 0.560. The first-order valence-electron chi connectivity index (χ1n) is 11.1. The Hall–Kier alpha value is -1.93. The van der Waals surface area contributed by atoms with Crippen LogP contribution >= 0.6 is 0 Å². The monoisotopic (exact) mass is 422 g/mol. The van der Waals surface area contributed by atoms with Crippen molar-refractivity contribution in [3.8, 4) is 0 Å². The number of nitrogens with zero attached hydrogens (tertiary/aromatic N) is 5. The van der Waals surface area contributed by atoms with E-state index in [4.69, 9.17) is 0 Å². The first-order valence-corrected chi connectivity index (χ1v) is 11.1. The highest BCUT2D eigenvalue weighted by Gasteiger charge is 2.23. The topological polar surface area (TPSA) is 37.4 Å². The molecule has 0 aliphatic carbocycles. The third-order valence-corrected chi connectivity index (χ3v) is 6.13. The molecule has 0 spiro atoms. The summed E-state index contributed by atoms with van der Waals surface area (Å²) >= 11 is 0. The molecule has 0 amide bonds. The summed E-state index contributed by atoms with van der Waals surface area (Å²) in [5, 5.41) is 3.51. The summed E-state index contributed by atoms with van der Waals surface area (Å²) in [6, 6.07) is 3.63. The predicted octanol–water partition coefficient (Wildman–Crippen LogP) is 1.94. The minimum atomic E-state index is -0.406. The third-order valence-electron chi connectivity index (χ3n) is 6.13. The highest BCUT2D eigenvalue weighted by Crippen LogP contribution is 2.22. The van der Waals surface area contributed by atoms with Crippen molar-refractivity contribution in [3.63, 3.8) is 0 Å². The van der Waals surface area contributed by atoms with Crippen molar-refractivity contribution in [2.75, 3.05) is 83.9 Å². The van der Waals surface area contributed by atoms with E-state index in [2.05, 4.69) is 38.9 Å². The fourth-order valence-corrected chi connectivity index (χ4v) is 4.28. The molecule has 2 aliphatic rings. The maximum Gasteiger partial charge on any atom is 0.193 e. The Bertz CT molecular complexity index is 697. The number of likely N-dealkylation sites (N-methyl/N-ethyl adjacent to an activating group) is 1. The SMILES string of the molecule is CCN1CCN(CC(C)CNC(=NC)N2CCN(c3cc(F)ccc3F)CC2)CC1. The maximum atomic E-state index is 14.1. The van der Waals surface area contributed by atoms with Crippen LogP contribution < -0.4 is 10.2 Å². The van der Waals surface area contributed by atoms with E-state index < -0.39 is 5.82 Å². The van der Waals surface area contributed by atoms with Gasteiger partial charge in [0.15, 0.2) is 5.96 Å². The lowest BCUT2D eigenvalue weighted by molar-refractivity contribution is 0.124. The molecular formula is C22H36F2N6. The second kappa shape index (κ2) is 10.9. The van der Waals surface area contributed by atoms with Crippen molar-refractivity contribution >= 4 is 11.6 Å². The third kappa shape index (κ3) is 6.04. The zero-order valence-corrected chi connectivity index (χ0v) is 18.6. The van der Waals surface area contributed by atoms with Crippen LogP contribution in [0, 0.1) is 17.6 Å². The minimum absolute atomic E-state index is 0.342. The van der Waals surface area contributed by atoms with Crippen molar-refractivity contribution in [2.24, 2.45) is 10.9 Å². The van der Waals surface area contributed by atoms with Gasteiger partial charge in [-0.3, -0.25) is 4.99 Å². The molecule has 0 aromatic heterocycles. The zero-order valence-electron chi connectivity index (χ0n) is 18.6. The molecule has 0 saturated carbocycles. The summed E-state index contributed by atoms with van der Waals surface area (Å²) in [6.07, 6.45) is 0. The minimum Gasteiger partial charge on any atom is -0.366 e. The van der Waals surface area contributed by atoms with Gasteiger partial charge in [0, 0.05) is 78.6 Å². The predicted molar refractivity (Wildman–Crippen MR) is 119 cm³/mol. The van der Waals surface area contributed by atoms with Gasteiger partial charge in [-0.15, -0.1) is 0 Å². The Balaban J connectivity index is 1.43. The van der Waals surface area contributed by atoms with Crippen molar-refractivity contribution in [1.29, 1.82) is 0 Å². The van der Waals surface area contributed by atoms with Crippen molar-refractivity contribution < 1.29 is 8.78 Å². The lowest BCUT2D eigenvalue weighted by Crippen LogP contribution is -2.53. The first kappa shape index (κ1) is 22.7. The molecule has 6 nitrogen and oxygen atoms in total. The molecule has 8 heteroatoms. The van der Waals surface area contributed by atoms with Crippen molar-refractivity contribution in [2.45, 2.75) is 13.8 Å². The van der Waals surface area contributed by atoms with E-state index in [0.717, 1.165) is 70.9 Å². The molecule has 30 heavy (non-hydrogen) atoms. The smallest absolute Gasteiger partial charge is 0.193 e. The average Bonchev–Trinajstić information content (AvgIpc) is 2.77. The maximum absolute atomic E-state index is 14.1. The number of hydrogen-bond acceptors (Lipinski definition) is 4. The van der Waals surface area contributed by atoms with Gasteiger partial charge in [-0.25, -0.2) is 8.78 Å². The fourth-order valence-electron chi connectivity index (χ4n) is 4.28. The molecule has 3 rings (SSSR count). The van der Waals surface area contributed by atoms with Gasteiger partial charge in [-0.1, -0.05) is 13.8 Å². The zero-order chi connectivity index (χ0) is 21.5. The van der Waals surface area contributed by atoms with Crippen LogP contribution in [-0.2, 0) is 0 Å². The number of hydrogen-bond donors (Lipinski definition) is 1. The molecule has 1 N–H and O–H groups in total. The molecule has 2 saturated heterocycles. The number of aliphatic imine (C=N–C) groups is 1. The van der Waals surface area contributed by atoms with Gasteiger partial charge in [-0.05, 0) is 24.6 Å².